The predicted molar refractivity (Wildman–Crippen MR) is 71.8 cm³/mol. The third-order valence-electron chi connectivity index (χ3n) is 2.94. The number of carbonyl (C=O) groups excluding carboxylic acids is 1. The van der Waals surface area contributed by atoms with Crippen molar-refractivity contribution in [3.05, 3.63) is 50.3 Å². The summed E-state index contributed by atoms with van der Waals surface area (Å²) >= 11 is 0. The molecule has 0 bridgehead atoms. The van der Waals surface area contributed by atoms with Gasteiger partial charge in [0.15, 0.2) is 0 Å². The SMILES string of the molecule is CCOC(=O)c1cc(=O)n(C)c2ccc([N+](=O)[O-])cc12. The summed E-state index contributed by atoms with van der Waals surface area (Å²) in [4.78, 5) is 33.9. The van der Waals surface area contributed by atoms with Gasteiger partial charge in [0.05, 0.1) is 22.6 Å². The minimum absolute atomic E-state index is 0.0358. The molecule has 0 saturated carbocycles. The van der Waals surface area contributed by atoms with Crippen LogP contribution in [0.4, 0.5) is 5.69 Å². The van der Waals surface area contributed by atoms with Crippen LogP contribution in [-0.2, 0) is 11.8 Å². The van der Waals surface area contributed by atoms with Crippen LogP contribution in [0.15, 0.2) is 29.1 Å². The van der Waals surface area contributed by atoms with E-state index in [1.54, 1.807) is 6.92 Å². The van der Waals surface area contributed by atoms with E-state index in [9.17, 15) is 19.7 Å². The largest absolute Gasteiger partial charge is 0.462 e. The molecule has 0 amide bonds. The molecule has 0 spiro atoms. The Hall–Kier alpha value is -2.70. The Morgan fingerprint density at radius 2 is 2.10 bits per heavy atom. The fraction of sp³-hybridized carbons (Fsp3) is 0.231. The van der Waals surface area contributed by atoms with Crippen LogP contribution >= 0.6 is 0 Å². The van der Waals surface area contributed by atoms with Crippen LogP contribution in [0.2, 0.25) is 0 Å². The molecule has 2 aromatic rings. The average molecular weight is 276 g/mol. The number of esters is 1. The predicted octanol–water partition coefficient (Wildman–Crippen LogP) is 1.62. The van der Waals surface area contributed by atoms with Crippen molar-refractivity contribution in [3.63, 3.8) is 0 Å². The van der Waals surface area contributed by atoms with Crippen molar-refractivity contribution in [3.8, 4) is 0 Å². The van der Waals surface area contributed by atoms with Crippen molar-refractivity contribution in [2.45, 2.75) is 6.92 Å². The number of aryl methyl sites for hydroxylation is 1. The summed E-state index contributed by atoms with van der Waals surface area (Å²) in [6.07, 6.45) is 0. The van der Waals surface area contributed by atoms with E-state index in [2.05, 4.69) is 0 Å². The number of ether oxygens (including phenoxy) is 1. The lowest BCUT2D eigenvalue weighted by atomic mass is 10.1. The molecule has 104 valence electrons. The second-order valence-electron chi connectivity index (χ2n) is 4.13. The van der Waals surface area contributed by atoms with E-state index in [4.69, 9.17) is 4.74 Å². The highest BCUT2D eigenvalue weighted by molar-refractivity contribution is 6.04. The van der Waals surface area contributed by atoms with Crippen molar-refractivity contribution in [1.82, 2.24) is 4.57 Å². The van der Waals surface area contributed by atoms with Crippen molar-refractivity contribution in [1.29, 1.82) is 0 Å². The zero-order chi connectivity index (χ0) is 14.9. The first kappa shape index (κ1) is 13.7. The van der Waals surface area contributed by atoms with Gasteiger partial charge >= 0.3 is 5.97 Å². The van der Waals surface area contributed by atoms with E-state index in [0.717, 1.165) is 6.07 Å². The number of benzene rings is 1. The number of pyridine rings is 1. The number of carbonyl (C=O) groups is 1. The van der Waals surface area contributed by atoms with Gasteiger partial charge in [0.1, 0.15) is 0 Å². The van der Waals surface area contributed by atoms with Crippen LogP contribution in [0.3, 0.4) is 0 Å². The lowest BCUT2D eigenvalue weighted by Crippen LogP contribution is -2.19. The van der Waals surface area contributed by atoms with E-state index in [1.165, 1.54) is 29.8 Å². The van der Waals surface area contributed by atoms with Crippen molar-refractivity contribution >= 4 is 22.6 Å². The Morgan fingerprint density at radius 3 is 2.70 bits per heavy atom. The second kappa shape index (κ2) is 5.12. The van der Waals surface area contributed by atoms with Crippen molar-refractivity contribution in [2.75, 3.05) is 6.61 Å². The van der Waals surface area contributed by atoms with Gasteiger partial charge in [-0.15, -0.1) is 0 Å². The maximum absolute atomic E-state index is 11.9. The first-order valence-corrected chi connectivity index (χ1v) is 5.91. The Bertz CT molecular complexity index is 763. The third kappa shape index (κ3) is 2.25. The van der Waals surface area contributed by atoms with E-state index < -0.39 is 10.9 Å². The van der Waals surface area contributed by atoms with Crippen molar-refractivity contribution < 1.29 is 14.5 Å². The second-order valence-corrected chi connectivity index (χ2v) is 4.13. The Labute approximate surface area is 113 Å². The molecule has 0 unspecified atom stereocenters. The summed E-state index contributed by atoms with van der Waals surface area (Å²) in [5.41, 5.74) is -0.0593. The van der Waals surface area contributed by atoms with E-state index in [0.29, 0.717) is 10.9 Å². The Morgan fingerprint density at radius 1 is 1.40 bits per heavy atom. The van der Waals surface area contributed by atoms with Gasteiger partial charge in [-0.3, -0.25) is 14.9 Å². The fourth-order valence-corrected chi connectivity index (χ4v) is 1.94. The van der Waals surface area contributed by atoms with Crippen LogP contribution < -0.4 is 5.56 Å². The number of non-ortho nitro benzene ring substituents is 1. The van der Waals surface area contributed by atoms with E-state index in [-0.39, 0.29) is 23.4 Å². The summed E-state index contributed by atoms with van der Waals surface area (Å²) in [5.74, 6) is -0.671. The highest BCUT2D eigenvalue weighted by Gasteiger charge is 2.17. The van der Waals surface area contributed by atoms with Crippen molar-refractivity contribution in [2.24, 2.45) is 7.05 Å². The molecule has 0 atom stereocenters. The topological polar surface area (TPSA) is 91.4 Å². The van der Waals surface area contributed by atoms with Gasteiger partial charge in [-0.05, 0) is 13.0 Å². The molecule has 0 aliphatic carbocycles. The quantitative estimate of drug-likeness (QED) is 0.482. The molecule has 1 aromatic carbocycles. The van der Waals surface area contributed by atoms with Crippen LogP contribution in [0.1, 0.15) is 17.3 Å². The number of nitro groups is 1. The molecule has 1 aromatic heterocycles. The first-order valence-electron chi connectivity index (χ1n) is 5.91. The molecular formula is C13H12N2O5. The van der Waals surface area contributed by atoms with Crippen LogP contribution in [-0.4, -0.2) is 22.1 Å². The summed E-state index contributed by atoms with van der Waals surface area (Å²) in [6, 6.07) is 5.12. The smallest absolute Gasteiger partial charge is 0.339 e. The highest BCUT2D eigenvalue weighted by atomic mass is 16.6. The number of fused-ring (bicyclic) bond motifs is 1. The molecule has 0 saturated heterocycles. The Kier molecular flexibility index (Phi) is 3.51. The minimum atomic E-state index is -0.671. The van der Waals surface area contributed by atoms with Gasteiger partial charge in [-0.25, -0.2) is 4.79 Å². The Balaban J connectivity index is 2.81. The molecule has 20 heavy (non-hydrogen) atoms. The molecule has 1 heterocycles. The van der Waals surface area contributed by atoms with Gasteiger partial charge in [-0.1, -0.05) is 0 Å². The molecular weight excluding hydrogens is 264 g/mol. The van der Waals surface area contributed by atoms with Gasteiger partial charge in [0.25, 0.3) is 11.2 Å². The number of nitrogens with zero attached hydrogens (tertiary/aromatic N) is 2. The number of rotatable bonds is 3. The fourth-order valence-electron chi connectivity index (χ4n) is 1.94. The van der Waals surface area contributed by atoms with Gasteiger partial charge in [-0.2, -0.15) is 0 Å². The summed E-state index contributed by atoms with van der Waals surface area (Å²) in [7, 11) is 1.53. The summed E-state index contributed by atoms with van der Waals surface area (Å²) in [5, 5.41) is 11.1. The number of nitro benzene ring substituents is 1. The molecule has 2 rings (SSSR count). The number of hydrogen-bond acceptors (Lipinski definition) is 5. The summed E-state index contributed by atoms with van der Waals surface area (Å²) < 4.78 is 6.20. The zero-order valence-electron chi connectivity index (χ0n) is 11.0. The number of hydrogen-bond donors (Lipinski definition) is 0. The maximum atomic E-state index is 11.9. The van der Waals surface area contributed by atoms with Gasteiger partial charge < -0.3 is 9.30 Å². The summed E-state index contributed by atoms with van der Waals surface area (Å²) in [6.45, 7) is 1.80. The highest BCUT2D eigenvalue weighted by Crippen LogP contribution is 2.23. The van der Waals surface area contributed by atoms with E-state index in [1.807, 2.05) is 0 Å². The monoisotopic (exact) mass is 276 g/mol. The molecule has 0 aliphatic rings. The lowest BCUT2D eigenvalue weighted by molar-refractivity contribution is -0.384. The van der Waals surface area contributed by atoms with Crippen LogP contribution in [0, 0.1) is 10.1 Å². The molecule has 0 radical (unpaired) electrons. The van der Waals surface area contributed by atoms with Gasteiger partial charge in [0.2, 0.25) is 0 Å². The first-order chi connectivity index (χ1) is 9.45. The molecule has 0 aliphatic heterocycles. The third-order valence-corrected chi connectivity index (χ3v) is 2.94. The molecule has 7 heteroatoms. The maximum Gasteiger partial charge on any atom is 0.339 e. The van der Waals surface area contributed by atoms with Crippen LogP contribution in [0.5, 0.6) is 0 Å². The molecule has 0 N–H and O–H groups in total. The lowest BCUT2D eigenvalue weighted by Gasteiger charge is -2.09. The normalized spacial score (nSPS) is 10.5. The average Bonchev–Trinajstić information content (AvgIpc) is 2.42. The van der Waals surface area contributed by atoms with E-state index >= 15 is 0 Å². The van der Waals surface area contributed by atoms with Crippen LogP contribution in [0.25, 0.3) is 10.9 Å². The zero-order valence-corrected chi connectivity index (χ0v) is 11.0. The van der Waals surface area contributed by atoms with Gasteiger partial charge in [0, 0.05) is 30.6 Å². The standard InChI is InChI=1S/C13H12N2O5/c1-3-20-13(17)10-7-12(16)14(2)11-5-4-8(15(18)19)6-9(10)11/h4-7H,3H2,1-2H3. The number of aromatic nitrogens is 1. The minimum Gasteiger partial charge on any atom is -0.462 e. The molecule has 0 fully saturated rings. The molecule has 7 nitrogen and oxygen atoms in total.